The van der Waals surface area contributed by atoms with Crippen molar-refractivity contribution in [3.05, 3.63) is 29.8 Å². The second kappa shape index (κ2) is 11.3. The van der Waals surface area contributed by atoms with Crippen molar-refractivity contribution in [1.29, 1.82) is 0 Å². The van der Waals surface area contributed by atoms with Crippen molar-refractivity contribution < 1.29 is 42.9 Å². The molecule has 10 nitrogen and oxygen atoms in total. The lowest BCUT2D eigenvalue weighted by Crippen LogP contribution is -2.67. The molecule has 1 heterocycles. The molecule has 0 spiro atoms. The molecule has 1 aliphatic rings. The lowest BCUT2D eigenvalue weighted by molar-refractivity contribution is -0.257. The molecule has 5 atom stereocenters. The molecule has 0 aromatic heterocycles. The average molecular weight is 480 g/mol. The Kier molecular flexibility index (Phi) is 9.03. The number of carbonyl (C=O) groups excluding carboxylic acids is 4. The maximum atomic E-state index is 12.1. The molecule has 1 aliphatic heterocycles. The van der Waals surface area contributed by atoms with Gasteiger partial charge in [0.1, 0.15) is 24.5 Å². The second-order valence-corrected chi connectivity index (χ2v) is 9.08. The summed E-state index contributed by atoms with van der Waals surface area (Å²) >= 11 is 0. The molecular weight excluding hydrogens is 446 g/mol. The van der Waals surface area contributed by atoms with Crippen molar-refractivity contribution in [1.82, 2.24) is 5.32 Å². The van der Waals surface area contributed by atoms with E-state index in [1.165, 1.54) is 27.7 Å². The Morgan fingerprint density at radius 1 is 0.912 bits per heavy atom. The molecular formula is C24H33NO9. The van der Waals surface area contributed by atoms with Crippen molar-refractivity contribution in [3.8, 4) is 5.75 Å². The highest BCUT2D eigenvalue weighted by molar-refractivity contribution is 5.73. The van der Waals surface area contributed by atoms with Crippen LogP contribution in [0.4, 0.5) is 0 Å². The predicted molar refractivity (Wildman–Crippen MR) is 120 cm³/mol. The summed E-state index contributed by atoms with van der Waals surface area (Å²) in [7, 11) is 0. The van der Waals surface area contributed by atoms with Crippen LogP contribution in [0.25, 0.3) is 0 Å². The number of hydrogen-bond acceptors (Lipinski definition) is 9. The van der Waals surface area contributed by atoms with Gasteiger partial charge in [0.2, 0.25) is 12.2 Å². The highest BCUT2D eigenvalue weighted by atomic mass is 16.7. The lowest BCUT2D eigenvalue weighted by atomic mass is 9.86. The number of ether oxygens (including phenoxy) is 5. The zero-order chi connectivity index (χ0) is 25.6. The van der Waals surface area contributed by atoms with Crippen LogP contribution in [-0.4, -0.2) is 61.1 Å². The molecule has 2 rings (SSSR count). The molecule has 188 valence electrons. The lowest BCUT2D eigenvalue weighted by Gasteiger charge is -2.45. The van der Waals surface area contributed by atoms with Crippen molar-refractivity contribution >= 4 is 23.8 Å². The molecule has 1 fully saturated rings. The SMILES string of the molecule is CC(=O)N[C@@H]1[C@H](Oc2ccccc2C(C)(C)C)O[C@H](COC(C)=O)[C@@H](OC(C)=O)[C@@H]1OC(C)=O. The van der Waals surface area contributed by atoms with Crippen LogP contribution < -0.4 is 10.1 Å². The molecule has 0 radical (unpaired) electrons. The van der Waals surface area contributed by atoms with Crippen LogP contribution in [0.5, 0.6) is 5.75 Å². The van der Waals surface area contributed by atoms with E-state index in [0.717, 1.165) is 5.56 Å². The maximum absolute atomic E-state index is 12.1. The molecule has 0 aliphatic carbocycles. The van der Waals surface area contributed by atoms with E-state index in [4.69, 9.17) is 23.7 Å². The van der Waals surface area contributed by atoms with Crippen LogP contribution in [0.3, 0.4) is 0 Å². The van der Waals surface area contributed by atoms with Gasteiger partial charge in [0.15, 0.2) is 12.2 Å². The van der Waals surface area contributed by atoms with Crippen LogP contribution in [0.1, 0.15) is 54.0 Å². The number of benzene rings is 1. The molecule has 1 aromatic carbocycles. The minimum Gasteiger partial charge on any atom is -0.463 e. The van der Waals surface area contributed by atoms with Crippen molar-refractivity contribution in [2.75, 3.05) is 6.61 Å². The first-order chi connectivity index (χ1) is 15.8. The van der Waals surface area contributed by atoms with Gasteiger partial charge in [-0.3, -0.25) is 19.2 Å². The average Bonchev–Trinajstić information content (AvgIpc) is 2.69. The Balaban J connectivity index is 2.53. The Morgan fingerprint density at radius 3 is 2.03 bits per heavy atom. The first-order valence-electron chi connectivity index (χ1n) is 11.0. The Bertz CT molecular complexity index is 908. The number of rotatable bonds is 7. The van der Waals surface area contributed by atoms with Gasteiger partial charge < -0.3 is 29.0 Å². The molecule has 1 amide bonds. The van der Waals surface area contributed by atoms with E-state index < -0.39 is 54.5 Å². The monoisotopic (exact) mass is 479 g/mol. The fraction of sp³-hybridized carbons (Fsp3) is 0.583. The van der Waals surface area contributed by atoms with E-state index in [1.807, 2.05) is 32.9 Å². The van der Waals surface area contributed by atoms with E-state index in [9.17, 15) is 19.2 Å². The molecule has 10 heteroatoms. The zero-order valence-corrected chi connectivity index (χ0v) is 20.6. The number of carbonyl (C=O) groups is 4. The van der Waals surface area contributed by atoms with Crippen LogP contribution in [-0.2, 0) is 43.5 Å². The normalized spacial score (nSPS) is 24.5. The van der Waals surface area contributed by atoms with Gasteiger partial charge in [-0.2, -0.15) is 0 Å². The fourth-order valence-electron chi connectivity index (χ4n) is 3.71. The fourth-order valence-corrected chi connectivity index (χ4v) is 3.71. The van der Waals surface area contributed by atoms with E-state index >= 15 is 0 Å². The number of esters is 3. The molecule has 34 heavy (non-hydrogen) atoms. The standard InChI is InChI=1S/C24H33NO9/c1-13(26)25-20-22(32-16(4)29)21(31-15(3)28)19(12-30-14(2)27)34-23(20)33-18-11-9-8-10-17(18)24(5,6)7/h8-11,19-23H,12H2,1-7H3,(H,25,26)/t19-,20+,21-,22-,23-/m1/s1. The van der Waals surface area contributed by atoms with Gasteiger partial charge in [-0.25, -0.2) is 0 Å². The Morgan fingerprint density at radius 2 is 1.50 bits per heavy atom. The third kappa shape index (κ3) is 7.44. The molecule has 1 saturated heterocycles. The van der Waals surface area contributed by atoms with E-state index in [2.05, 4.69) is 5.32 Å². The van der Waals surface area contributed by atoms with E-state index in [-0.39, 0.29) is 12.0 Å². The van der Waals surface area contributed by atoms with Gasteiger partial charge >= 0.3 is 17.9 Å². The number of para-hydroxylation sites is 1. The quantitative estimate of drug-likeness (QED) is 0.462. The maximum Gasteiger partial charge on any atom is 0.303 e. The first-order valence-corrected chi connectivity index (χ1v) is 11.0. The van der Waals surface area contributed by atoms with Crippen LogP contribution in [0.15, 0.2) is 24.3 Å². The first kappa shape index (κ1) is 27.1. The highest BCUT2D eigenvalue weighted by Gasteiger charge is 2.52. The molecule has 1 N–H and O–H groups in total. The van der Waals surface area contributed by atoms with Crippen molar-refractivity contribution in [2.24, 2.45) is 0 Å². The summed E-state index contributed by atoms with van der Waals surface area (Å²) in [5.74, 6) is -1.86. The molecule has 0 unspecified atom stereocenters. The molecule has 0 bridgehead atoms. The second-order valence-electron chi connectivity index (χ2n) is 9.08. The summed E-state index contributed by atoms with van der Waals surface area (Å²) in [4.78, 5) is 47.3. The van der Waals surface area contributed by atoms with Crippen LogP contribution >= 0.6 is 0 Å². The van der Waals surface area contributed by atoms with Gasteiger partial charge in [-0.05, 0) is 17.0 Å². The van der Waals surface area contributed by atoms with Crippen LogP contribution in [0, 0.1) is 0 Å². The summed E-state index contributed by atoms with van der Waals surface area (Å²) in [5, 5.41) is 2.69. The van der Waals surface area contributed by atoms with Gasteiger partial charge in [0, 0.05) is 27.7 Å². The van der Waals surface area contributed by atoms with E-state index in [1.54, 1.807) is 12.1 Å². The van der Waals surface area contributed by atoms with Gasteiger partial charge in [-0.1, -0.05) is 39.0 Å². The third-order valence-corrected chi connectivity index (χ3v) is 5.01. The summed E-state index contributed by atoms with van der Waals surface area (Å²) in [6.45, 7) is 10.6. The Labute approximate surface area is 199 Å². The van der Waals surface area contributed by atoms with E-state index in [0.29, 0.717) is 5.75 Å². The molecule has 0 saturated carbocycles. The summed E-state index contributed by atoms with van der Waals surface area (Å²) < 4.78 is 28.3. The highest BCUT2D eigenvalue weighted by Crippen LogP contribution is 2.34. The van der Waals surface area contributed by atoms with Crippen LogP contribution in [0.2, 0.25) is 0 Å². The minimum atomic E-state index is -1.17. The number of amides is 1. The number of nitrogens with one attached hydrogen (secondary N) is 1. The largest absolute Gasteiger partial charge is 0.463 e. The smallest absolute Gasteiger partial charge is 0.303 e. The Hall–Kier alpha value is -3.14. The topological polar surface area (TPSA) is 126 Å². The third-order valence-electron chi connectivity index (χ3n) is 5.01. The van der Waals surface area contributed by atoms with Gasteiger partial charge in [0.25, 0.3) is 0 Å². The van der Waals surface area contributed by atoms with Crippen molar-refractivity contribution in [2.45, 2.75) is 84.5 Å². The van der Waals surface area contributed by atoms with Crippen molar-refractivity contribution in [3.63, 3.8) is 0 Å². The summed E-state index contributed by atoms with van der Waals surface area (Å²) in [5.41, 5.74) is 0.601. The molecule has 1 aromatic rings. The predicted octanol–water partition coefficient (Wildman–Crippen LogP) is 2.02. The zero-order valence-electron chi connectivity index (χ0n) is 20.6. The number of hydrogen-bond donors (Lipinski definition) is 1. The summed E-state index contributed by atoms with van der Waals surface area (Å²) in [6, 6.07) is 6.31. The minimum absolute atomic E-state index is 0.276. The van der Waals surface area contributed by atoms with Gasteiger partial charge in [-0.15, -0.1) is 0 Å². The van der Waals surface area contributed by atoms with Gasteiger partial charge in [0.05, 0.1) is 0 Å². The summed E-state index contributed by atoms with van der Waals surface area (Å²) in [6.07, 6.45) is -4.54.